The molecule has 2 amide bonds. The van der Waals surface area contributed by atoms with Crippen LogP contribution in [-0.2, 0) is 17.7 Å². The molecular formula is C24H30FN3O3. The monoisotopic (exact) mass is 427 g/mol. The molecule has 0 bridgehead atoms. The van der Waals surface area contributed by atoms with Crippen molar-refractivity contribution in [2.75, 3.05) is 7.05 Å². The van der Waals surface area contributed by atoms with Crippen molar-refractivity contribution in [3.05, 3.63) is 71.0 Å². The van der Waals surface area contributed by atoms with E-state index in [1.165, 1.54) is 17.0 Å². The summed E-state index contributed by atoms with van der Waals surface area (Å²) in [4.78, 5) is 14.4. The van der Waals surface area contributed by atoms with Crippen LogP contribution in [-0.4, -0.2) is 41.0 Å². The van der Waals surface area contributed by atoms with Gasteiger partial charge in [0.05, 0.1) is 17.7 Å². The Morgan fingerprint density at radius 2 is 1.94 bits per heavy atom. The summed E-state index contributed by atoms with van der Waals surface area (Å²) in [7, 11) is 1.63. The maximum Gasteiger partial charge on any atom is 0.317 e. The van der Waals surface area contributed by atoms with Crippen molar-refractivity contribution >= 4 is 6.03 Å². The average molecular weight is 428 g/mol. The standard InChI is InChI=1S/C24H30FN3O3/c1-5-22(31-24(2,3)30)21(14-17-9-7-6-8-10-17)27-23(29)28(4)16-18-11-12-20(25)19(13-18)15-26/h6-13,21-22,30H,5,14,16H2,1-4H3,(H,27,29). The molecule has 2 N–H and O–H groups in total. The molecule has 0 saturated heterocycles. The van der Waals surface area contributed by atoms with Gasteiger partial charge in [0.25, 0.3) is 0 Å². The molecule has 2 aromatic carbocycles. The Kier molecular flexibility index (Phi) is 8.55. The van der Waals surface area contributed by atoms with Crippen LogP contribution in [0.15, 0.2) is 48.5 Å². The molecule has 2 atom stereocenters. The lowest BCUT2D eigenvalue weighted by atomic mass is 9.99. The van der Waals surface area contributed by atoms with Gasteiger partial charge in [0.2, 0.25) is 0 Å². The molecule has 0 radical (unpaired) electrons. The Bertz CT molecular complexity index is 907. The summed E-state index contributed by atoms with van der Waals surface area (Å²) in [5.41, 5.74) is 1.62. The number of amides is 2. The fourth-order valence-corrected chi connectivity index (χ4v) is 3.33. The lowest BCUT2D eigenvalue weighted by molar-refractivity contribution is -0.211. The lowest BCUT2D eigenvalue weighted by Gasteiger charge is -2.33. The van der Waals surface area contributed by atoms with Crippen LogP contribution in [0.3, 0.4) is 0 Å². The molecule has 0 spiro atoms. The van der Waals surface area contributed by atoms with Gasteiger partial charge < -0.3 is 20.1 Å². The van der Waals surface area contributed by atoms with Crippen LogP contribution >= 0.6 is 0 Å². The summed E-state index contributed by atoms with van der Waals surface area (Å²) >= 11 is 0. The normalized spacial score (nSPS) is 13.2. The van der Waals surface area contributed by atoms with Gasteiger partial charge in [-0.05, 0) is 49.9 Å². The third-order valence-electron chi connectivity index (χ3n) is 4.82. The molecule has 31 heavy (non-hydrogen) atoms. The minimum atomic E-state index is -1.34. The quantitative estimate of drug-likeness (QED) is 0.593. The maximum atomic E-state index is 13.6. The highest BCUT2D eigenvalue weighted by atomic mass is 19.1. The predicted octanol–water partition coefficient (Wildman–Crippen LogP) is 3.97. The van der Waals surface area contributed by atoms with Crippen LogP contribution in [0.2, 0.25) is 0 Å². The van der Waals surface area contributed by atoms with Gasteiger partial charge in [-0.1, -0.05) is 43.3 Å². The topological polar surface area (TPSA) is 85.6 Å². The minimum absolute atomic E-state index is 0.0575. The fraction of sp³-hybridized carbons (Fsp3) is 0.417. The minimum Gasteiger partial charge on any atom is -0.366 e. The van der Waals surface area contributed by atoms with Gasteiger partial charge >= 0.3 is 6.03 Å². The van der Waals surface area contributed by atoms with Gasteiger partial charge in [0.1, 0.15) is 11.9 Å². The van der Waals surface area contributed by atoms with Crippen molar-refractivity contribution in [1.29, 1.82) is 5.26 Å². The van der Waals surface area contributed by atoms with E-state index < -0.39 is 17.7 Å². The maximum absolute atomic E-state index is 13.6. The first-order valence-corrected chi connectivity index (χ1v) is 10.3. The van der Waals surface area contributed by atoms with Crippen LogP contribution in [0.25, 0.3) is 0 Å². The lowest BCUT2D eigenvalue weighted by Crippen LogP contribution is -2.51. The first-order chi connectivity index (χ1) is 14.6. The van der Waals surface area contributed by atoms with Crippen LogP contribution in [0.5, 0.6) is 0 Å². The molecule has 0 aliphatic rings. The zero-order valence-electron chi connectivity index (χ0n) is 18.4. The van der Waals surface area contributed by atoms with E-state index >= 15 is 0 Å². The molecule has 7 heteroatoms. The zero-order chi connectivity index (χ0) is 23.0. The van der Waals surface area contributed by atoms with Crippen molar-refractivity contribution in [1.82, 2.24) is 10.2 Å². The highest BCUT2D eigenvalue weighted by Crippen LogP contribution is 2.18. The number of halogens is 1. The zero-order valence-corrected chi connectivity index (χ0v) is 18.4. The average Bonchev–Trinajstić information content (AvgIpc) is 2.72. The first kappa shape index (κ1) is 24.3. The van der Waals surface area contributed by atoms with Gasteiger partial charge in [-0.3, -0.25) is 0 Å². The molecule has 0 aromatic heterocycles. The molecule has 0 heterocycles. The Hall–Kier alpha value is -2.95. The molecule has 0 saturated carbocycles. The van der Waals surface area contributed by atoms with Gasteiger partial charge in [0, 0.05) is 13.6 Å². The van der Waals surface area contributed by atoms with E-state index in [0.29, 0.717) is 18.4 Å². The van der Waals surface area contributed by atoms with E-state index in [1.807, 2.05) is 43.3 Å². The molecule has 2 unspecified atom stereocenters. The Labute approximate surface area is 183 Å². The molecule has 166 valence electrons. The van der Waals surface area contributed by atoms with E-state index in [0.717, 1.165) is 5.56 Å². The van der Waals surface area contributed by atoms with Crippen molar-refractivity contribution in [3.63, 3.8) is 0 Å². The second kappa shape index (κ2) is 10.9. The number of hydrogen-bond acceptors (Lipinski definition) is 4. The molecule has 0 fully saturated rings. The van der Waals surface area contributed by atoms with Crippen molar-refractivity contribution in [3.8, 4) is 6.07 Å². The summed E-state index contributed by atoms with van der Waals surface area (Å²) in [6.45, 7) is 5.27. The summed E-state index contributed by atoms with van der Waals surface area (Å²) in [6, 6.07) is 15.0. The smallest absolute Gasteiger partial charge is 0.317 e. The Balaban J connectivity index is 2.15. The summed E-state index contributed by atoms with van der Waals surface area (Å²) in [5.74, 6) is -1.93. The van der Waals surface area contributed by atoms with E-state index in [-0.39, 0.29) is 24.2 Å². The number of nitriles is 1. The van der Waals surface area contributed by atoms with Gasteiger partial charge in [-0.15, -0.1) is 0 Å². The number of hydrogen-bond donors (Lipinski definition) is 2. The number of nitrogens with zero attached hydrogens (tertiary/aromatic N) is 2. The number of ether oxygens (including phenoxy) is 1. The number of carbonyl (C=O) groups is 1. The van der Waals surface area contributed by atoms with Crippen molar-refractivity contribution in [2.24, 2.45) is 0 Å². The van der Waals surface area contributed by atoms with E-state index in [4.69, 9.17) is 10.00 Å². The number of nitrogens with one attached hydrogen (secondary N) is 1. The highest BCUT2D eigenvalue weighted by molar-refractivity contribution is 5.74. The van der Waals surface area contributed by atoms with E-state index in [1.54, 1.807) is 27.0 Å². The van der Waals surface area contributed by atoms with Crippen LogP contribution in [0.4, 0.5) is 9.18 Å². The van der Waals surface area contributed by atoms with Crippen molar-refractivity contribution < 1.29 is 19.0 Å². The number of urea groups is 1. The summed E-state index contributed by atoms with van der Waals surface area (Å²) in [6.07, 6.45) is 0.715. The molecule has 2 rings (SSSR count). The molecule has 0 aliphatic heterocycles. The highest BCUT2D eigenvalue weighted by Gasteiger charge is 2.29. The van der Waals surface area contributed by atoms with Gasteiger partial charge in [-0.25, -0.2) is 9.18 Å². The number of aliphatic hydroxyl groups is 1. The van der Waals surface area contributed by atoms with Gasteiger partial charge in [0.15, 0.2) is 5.79 Å². The molecule has 6 nitrogen and oxygen atoms in total. The second-order valence-corrected chi connectivity index (χ2v) is 8.04. The SMILES string of the molecule is CCC(OC(C)(C)O)C(Cc1ccccc1)NC(=O)N(C)Cc1ccc(F)c(C#N)c1. The van der Waals surface area contributed by atoms with Crippen LogP contribution in [0, 0.1) is 17.1 Å². The fourth-order valence-electron chi connectivity index (χ4n) is 3.33. The van der Waals surface area contributed by atoms with Crippen LogP contribution < -0.4 is 5.32 Å². The third kappa shape index (κ3) is 7.67. The van der Waals surface area contributed by atoms with E-state index in [9.17, 15) is 14.3 Å². The van der Waals surface area contributed by atoms with Crippen molar-refractivity contribution in [2.45, 2.75) is 58.1 Å². The van der Waals surface area contributed by atoms with Gasteiger partial charge in [-0.2, -0.15) is 5.26 Å². The third-order valence-corrected chi connectivity index (χ3v) is 4.82. The van der Waals surface area contributed by atoms with E-state index in [2.05, 4.69) is 5.32 Å². The molecular weight excluding hydrogens is 397 g/mol. The predicted molar refractivity (Wildman–Crippen MR) is 117 cm³/mol. The summed E-state index contributed by atoms with van der Waals surface area (Å²) < 4.78 is 19.4. The van der Waals surface area contributed by atoms with Crippen LogP contribution in [0.1, 0.15) is 43.9 Å². The number of carbonyl (C=O) groups excluding carboxylic acids is 1. The first-order valence-electron chi connectivity index (χ1n) is 10.3. The number of benzene rings is 2. The second-order valence-electron chi connectivity index (χ2n) is 8.04. The summed E-state index contributed by atoms with van der Waals surface area (Å²) in [5, 5.41) is 22.2. The molecule has 2 aromatic rings. The molecule has 0 aliphatic carbocycles. The largest absolute Gasteiger partial charge is 0.366 e. The Morgan fingerprint density at radius 1 is 1.26 bits per heavy atom. The Morgan fingerprint density at radius 3 is 2.52 bits per heavy atom. The number of rotatable bonds is 9.